The molecule has 686 valence electrons. The lowest BCUT2D eigenvalue weighted by molar-refractivity contribution is -0.334. The molecule has 128 heavy (non-hydrogen) atoms. The van der Waals surface area contributed by atoms with E-state index in [2.05, 4.69) is 52.8 Å². The topological polar surface area (TPSA) is 606 Å². The first-order chi connectivity index (χ1) is 60.8. The largest absolute Gasteiger partial charge is 0.508 e. The van der Waals surface area contributed by atoms with Crippen molar-refractivity contribution in [2.24, 2.45) is 11.7 Å². The summed E-state index contributed by atoms with van der Waals surface area (Å²) in [5.74, 6) is -17.2. The Kier molecular flexibility index (Phi) is 31.0. The van der Waals surface area contributed by atoms with E-state index in [4.69, 9.17) is 90.7 Å². The summed E-state index contributed by atoms with van der Waals surface area (Å²) in [5.41, 5.74) is 4.14. The van der Waals surface area contributed by atoms with E-state index in [0.717, 1.165) is 72.3 Å². The zero-order valence-electron chi connectivity index (χ0n) is 69.0. The molecule has 0 aromatic heterocycles. The highest BCUT2D eigenvalue weighted by Crippen LogP contribution is 2.50. The second kappa shape index (κ2) is 41.5. The number of hydrogen-bond donors (Lipinski definition) is 21. The molecule has 45 heteroatoms. The van der Waals surface area contributed by atoms with Crippen LogP contribution in [0.1, 0.15) is 111 Å². The summed E-state index contributed by atoms with van der Waals surface area (Å²) in [4.78, 5) is 155. The van der Waals surface area contributed by atoms with Gasteiger partial charge in [0.2, 0.25) is 53.4 Å². The highest BCUT2D eigenvalue weighted by atomic mass is 35.5. The molecule has 0 aliphatic carbocycles. The number of phenolic OH excluding ortho intramolecular Hbond substituents is 3. The second-order valence-corrected chi connectivity index (χ2v) is 33.5. The van der Waals surface area contributed by atoms with E-state index in [0.29, 0.717) is 42.8 Å². The van der Waals surface area contributed by atoms with Crippen LogP contribution in [-0.4, -0.2) is 253 Å². The number of benzene rings is 6. The molecule has 0 saturated carbocycles. The van der Waals surface area contributed by atoms with E-state index in [-0.39, 0.29) is 54.8 Å². The van der Waals surface area contributed by atoms with E-state index in [1.807, 2.05) is 19.3 Å². The lowest BCUT2D eigenvalue weighted by Gasteiger charge is -2.48. The normalized spacial score (nSPS) is 26.4. The van der Waals surface area contributed by atoms with E-state index >= 15 is 24.0 Å². The minimum atomic E-state index is -2.41. The van der Waals surface area contributed by atoms with E-state index in [9.17, 15) is 69.9 Å². The molecule has 14 rings (SSSR count). The van der Waals surface area contributed by atoms with Gasteiger partial charge in [-0.05, 0) is 133 Å². The number of aliphatic hydroxyl groups excluding tert-OH is 6. The number of carbonyl (C=O) groups is 10. The molecule has 0 spiro atoms. The molecule has 11 bridgehead atoms. The van der Waals surface area contributed by atoms with Gasteiger partial charge in [-0.15, -0.1) is 0 Å². The number of aliphatic hydroxyl groups is 6. The number of rotatable bonds is 22. The summed E-state index contributed by atoms with van der Waals surface area (Å²) >= 11 is 26.7. The lowest BCUT2D eigenvalue weighted by atomic mass is 9.85. The fourth-order valence-corrected chi connectivity index (χ4v) is 16.4. The Bertz CT molecular complexity index is 5270. The maximum Gasteiger partial charge on any atom is 0.317 e. The summed E-state index contributed by atoms with van der Waals surface area (Å²) in [6.45, 7) is 7.47. The Morgan fingerprint density at radius 3 is 1.98 bits per heavy atom. The predicted octanol–water partition coefficient (Wildman–Crippen LogP) is 1.13. The van der Waals surface area contributed by atoms with Crippen LogP contribution in [0.5, 0.6) is 46.0 Å². The van der Waals surface area contributed by atoms with Crippen molar-refractivity contribution in [2.75, 3.05) is 59.5 Å². The quantitative estimate of drug-likeness (QED) is 0.0257. The number of carbonyl (C=O) groups excluding carboxylic acids is 10. The van der Waals surface area contributed by atoms with Crippen molar-refractivity contribution >= 4 is 106 Å². The monoisotopic (exact) mass is 1860 g/mol. The molecule has 6 aromatic carbocycles. The molecular weight excluding hydrogens is 1760 g/mol. The highest BCUT2D eigenvalue weighted by molar-refractivity contribution is 6.42. The minimum absolute atomic E-state index is 0.127. The molecule has 0 unspecified atom stereocenters. The third-order valence-electron chi connectivity index (χ3n) is 22.4. The zero-order chi connectivity index (χ0) is 92.6. The number of amides is 11. The Morgan fingerprint density at radius 1 is 0.703 bits per heavy atom. The first-order valence-electron chi connectivity index (χ1n) is 40.3. The number of phenols is 3. The Morgan fingerprint density at radius 2 is 1.35 bits per heavy atom. The van der Waals surface area contributed by atoms with Gasteiger partial charge < -0.3 is 133 Å². The van der Waals surface area contributed by atoms with Crippen molar-refractivity contribution < 1.29 is 127 Å². The fraction of sp³-hybridized carbons (Fsp3) is 0.434. The Balaban J connectivity index is 0.983. The van der Waals surface area contributed by atoms with Crippen LogP contribution in [0, 0.1) is 17.4 Å². The average Bonchev–Trinajstić information content (AvgIpc) is 0.763. The fourth-order valence-electron chi connectivity index (χ4n) is 15.6. The Hall–Kier alpha value is -11.3. The van der Waals surface area contributed by atoms with Gasteiger partial charge in [0.15, 0.2) is 36.7 Å². The summed E-state index contributed by atoms with van der Waals surface area (Å²) in [7, 11) is 1.46. The summed E-state index contributed by atoms with van der Waals surface area (Å²) in [5, 5.41) is 142. The van der Waals surface area contributed by atoms with Crippen molar-refractivity contribution in [1.29, 1.82) is 5.26 Å². The van der Waals surface area contributed by atoms with Gasteiger partial charge in [-0.1, -0.05) is 84.5 Å². The molecule has 6 aromatic rings. The number of hydrogen-bond acceptors (Lipinski definition) is 30. The van der Waals surface area contributed by atoms with Gasteiger partial charge >= 0.3 is 6.03 Å². The number of fused-ring (bicyclic) bond motifs is 15. The number of nitrogens with one attached hydrogen (secondary N) is 11. The van der Waals surface area contributed by atoms with Crippen LogP contribution in [0.4, 0.5) is 4.79 Å². The number of aromatic hydroxyl groups is 3. The van der Waals surface area contributed by atoms with Crippen LogP contribution in [-0.2, 0) is 68.7 Å². The van der Waals surface area contributed by atoms with Crippen molar-refractivity contribution in [3.8, 4) is 63.3 Å². The number of urea groups is 1. The van der Waals surface area contributed by atoms with Crippen LogP contribution in [0.15, 0.2) is 97.1 Å². The molecule has 3 saturated heterocycles. The Labute approximate surface area is 750 Å². The summed E-state index contributed by atoms with van der Waals surface area (Å²) in [6, 6.07) is 3.62. The maximum absolute atomic E-state index is 16.4. The highest BCUT2D eigenvalue weighted by Gasteiger charge is 2.53. The van der Waals surface area contributed by atoms with E-state index in [1.165, 1.54) is 25.4 Å². The van der Waals surface area contributed by atoms with Gasteiger partial charge in [-0.3, -0.25) is 58.2 Å². The smallest absolute Gasteiger partial charge is 0.317 e. The molecule has 11 amide bonds. The van der Waals surface area contributed by atoms with Crippen LogP contribution in [0.2, 0.25) is 20.1 Å². The molecule has 41 nitrogen and oxygen atoms in total. The van der Waals surface area contributed by atoms with Crippen LogP contribution in [0.25, 0.3) is 11.1 Å². The molecule has 8 heterocycles. The van der Waals surface area contributed by atoms with Crippen molar-refractivity contribution in [3.05, 3.63) is 151 Å². The first-order valence-corrected chi connectivity index (χ1v) is 41.8. The molecule has 0 radical (unpaired) electrons. The number of likely N-dealkylation sites (N-methyl/N-ethyl adjacent to an activating group) is 1. The third kappa shape index (κ3) is 22.2. The summed E-state index contributed by atoms with van der Waals surface area (Å²) in [6.07, 6.45) is -17.7. The van der Waals surface area contributed by atoms with Gasteiger partial charge in [-0.2, -0.15) is 5.26 Å². The van der Waals surface area contributed by atoms with Gasteiger partial charge in [0.25, 0.3) is 11.8 Å². The molecule has 18 atom stereocenters. The van der Waals surface area contributed by atoms with Crippen molar-refractivity contribution in [1.82, 2.24) is 68.4 Å². The molecular formula is C83H95Cl4N15O26. The number of nitriles is 1. The number of halogens is 4. The van der Waals surface area contributed by atoms with Gasteiger partial charge in [0.1, 0.15) is 95.5 Å². The number of primary amides is 1. The third-order valence-corrected chi connectivity index (χ3v) is 23.7. The molecule has 8 aliphatic heterocycles. The second-order valence-electron chi connectivity index (χ2n) is 31.9. The number of ether oxygens (including phenoxy) is 6. The van der Waals surface area contributed by atoms with Gasteiger partial charge in [0, 0.05) is 75.0 Å². The van der Waals surface area contributed by atoms with Crippen LogP contribution < -0.4 is 78.6 Å². The minimum Gasteiger partial charge on any atom is -0.508 e. The van der Waals surface area contributed by atoms with Gasteiger partial charge in [0.05, 0.1) is 51.4 Å². The van der Waals surface area contributed by atoms with E-state index in [1.54, 1.807) is 42.3 Å². The number of piperazine rings is 1. The number of hydroxylamine groups is 1. The molecule has 3 fully saturated rings. The number of nitrogens with two attached hydrogens (primary N) is 1. The first kappa shape index (κ1) is 95.8. The number of nitrogens with zero attached hydrogens (tertiary/aromatic N) is 3. The zero-order valence-corrected chi connectivity index (χ0v) is 72.0. The lowest BCUT2D eigenvalue weighted by Crippen LogP contribution is -2.66. The average molecular weight is 1860 g/mol. The SMILES string of the molecule is CN[C@H](CC(C)C)C(=O)N[C@H]1C(=O)N[C@@H](CC(N)=O)C(=O)N[C@H]2C(=O)N[C@H]3C(=O)N[C@H](C(=O)N[C@@H](C(=O)NOCC(=O)NC#N)c4cc(O)cc(O)c4-c4cc3ccc4O)[C@H](O)c3ccc(c(Cl)c3)Oc3cc2cc(c3O[C@@H]2O[C@H](CO)[C@@H](O)[C@H](O)[C@H]2O[C@H]2C[C@](C)(NCCN3CCN(C(=O)NCc4ccc(Cl)c(Cl)c4)CC3)[C@H](O)[C@H](C)O2)Oc2ccc(cc2Cl)[C@H]1O. The van der Waals surface area contributed by atoms with Gasteiger partial charge in [-0.25, -0.2) is 10.3 Å². The molecule has 22 N–H and O–H groups in total. The summed E-state index contributed by atoms with van der Waals surface area (Å²) < 4.78 is 39.6. The maximum atomic E-state index is 16.4. The predicted molar refractivity (Wildman–Crippen MR) is 450 cm³/mol. The molecule has 8 aliphatic rings. The standard InChI is InChI=1S/C83H95Cl4N15O26/c1-35(2)20-49(90-5)74(114)98-65-67(109)39-8-12-53(47(86)23-39)124-55-25-41-26-56(71(55)128-81-72(70(112)69(111)57(32-103)126-81)127-60-30-83(4,73(113)36(3)123-60)93-14-15-101-16-18-102(19-17-101)82(121)91-31-37-6-10-45(84)46(85)21-37)125-54-13-9-40(24-48(54)87)68(110)66-79(119)97-64(80(120)100-122-33-59(108)92-34-88)44-27-42(104)28-52(106)61(44)43-22-38(7-11-51(43)105)62(76(116)99-66)96-77(117)63(41)95-75(115)50(29-58(89)107)94-78(65)118/h6-13,21-28,35-36,49-50,57,60,62-70,72-73,81,90,93,103-106,109-113H,14-20,29-33H2,1-5H3,(H2,89,107)(H,91,121)(H,92,108)(H,94,118)(H,95,115)(H,96,117)(H,97,119)(H,98,114)(H,99,116)(H,100,120)/t36-,49+,50-,57+,60-,62+,63+,64+,65+,66-,67+,68+,69+,70-,72+,73+,81-,83-/m0/s1. The van der Waals surface area contributed by atoms with Crippen LogP contribution >= 0.6 is 46.4 Å². The van der Waals surface area contributed by atoms with Crippen LogP contribution in [0.3, 0.4) is 0 Å². The van der Waals surface area contributed by atoms with Crippen molar-refractivity contribution in [3.63, 3.8) is 0 Å². The van der Waals surface area contributed by atoms with E-state index < -0.39 is 260 Å². The van der Waals surface area contributed by atoms with Crippen molar-refractivity contribution in [2.45, 2.75) is 163 Å².